The number of hydrogen-bond donors (Lipinski definition) is 0. The minimum absolute atomic E-state index is 0.0673. The highest BCUT2D eigenvalue weighted by atomic mass is 32.1. The summed E-state index contributed by atoms with van der Waals surface area (Å²) in [5, 5.41) is 2.07. The number of rotatable bonds is 0. The molecular weight excluding hydrogens is 192 g/mol. The lowest BCUT2D eigenvalue weighted by atomic mass is 9.72. The first-order chi connectivity index (χ1) is 6.82. The van der Waals surface area contributed by atoms with Gasteiger partial charge in [-0.1, -0.05) is 12.8 Å². The fourth-order valence-electron chi connectivity index (χ4n) is 2.99. The van der Waals surface area contributed by atoms with Crippen LogP contribution in [0.15, 0.2) is 11.4 Å². The highest BCUT2D eigenvalue weighted by Crippen LogP contribution is 2.48. The Bertz CT molecular complexity index is 371. The van der Waals surface area contributed by atoms with Crippen LogP contribution in [0.3, 0.4) is 0 Å². The van der Waals surface area contributed by atoms with Crippen molar-refractivity contribution in [3.63, 3.8) is 0 Å². The van der Waals surface area contributed by atoms with Crippen molar-refractivity contribution in [2.75, 3.05) is 0 Å². The standard InChI is InChI=1S/C12H14OS/c13-11-10-9(4-8-14-10)3-7-12(11)5-1-2-6-12/h4,8H,1-3,5-7H2. The third kappa shape index (κ3) is 1.04. The molecule has 0 aliphatic heterocycles. The molecule has 14 heavy (non-hydrogen) atoms. The van der Waals surface area contributed by atoms with E-state index in [2.05, 4.69) is 11.4 Å². The van der Waals surface area contributed by atoms with E-state index in [-0.39, 0.29) is 5.41 Å². The van der Waals surface area contributed by atoms with E-state index in [0.29, 0.717) is 5.78 Å². The van der Waals surface area contributed by atoms with Gasteiger partial charge in [-0.3, -0.25) is 4.79 Å². The maximum atomic E-state index is 12.3. The Balaban J connectivity index is 2.04. The van der Waals surface area contributed by atoms with Crippen LogP contribution in [0.25, 0.3) is 0 Å². The van der Waals surface area contributed by atoms with E-state index in [1.54, 1.807) is 11.3 Å². The number of carbonyl (C=O) groups excluding carboxylic acids is 1. The van der Waals surface area contributed by atoms with Crippen LogP contribution in [0.4, 0.5) is 0 Å². The molecule has 1 saturated carbocycles. The first-order valence-electron chi connectivity index (χ1n) is 5.43. The number of Topliss-reactive ketones (excluding diaryl/α,β-unsaturated/α-hetero) is 1. The van der Waals surface area contributed by atoms with Crippen molar-refractivity contribution in [3.05, 3.63) is 21.9 Å². The van der Waals surface area contributed by atoms with Crippen molar-refractivity contribution in [2.45, 2.75) is 38.5 Å². The molecule has 0 N–H and O–H groups in total. The molecule has 0 unspecified atom stereocenters. The number of fused-ring (bicyclic) bond motifs is 1. The van der Waals surface area contributed by atoms with E-state index < -0.39 is 0 Å². The van der Waals surface area contributed by atoms with Gasteiger partial charge in [0.15, 0.2) is 5.78 Å². The average Bonchev–Trinajstić information content (AvgIpc) is 2.83. The third-order valence-corrected chi connectivity index (χ3v) is 4.82. The van der Waals surface area contributed by atoms with Gasteiger partial charge in [0, 0.05) is 5.41 Å². The van der Waals surface area contributed by atoms with Gasteiger partial charge in [0.2, 0.25) is 0 Å². The molecule has 0 saturated heterocycles. The summed E-state index contributed by atoms with van der Waals surface area (Å²) in [6, 6.07) is 2.12. The van der Waals surface area contributed by atoms with E-state index in [1.807, 2.05) is 0 Å². The second-order valence-electron chi connectivity index (χ2n) is 4.59. The Morgan fingerprint density at radius 1 is 1.21 bits per heavy atom. The fraction of sp³-hybridized carbons (Fsp3) is 0.583. The zero-order valence-electron chi connectivity index (χ0n) is 8.21. The van der Waals surface area contributed by atoms with Crippen molar-refractivity contribution < 1.29 is 4.79 Å². The Labute approximate surface area is 88.1 Å². The lowest BCUT2D eigenvalue weighted by Crippen LogP contribution is -2.32. The highest BCUT2D eigenvalue weighted by molar-refractivity contribution is 7.12. The van der Waals surface area contributed by atoms with Crippen LogP contribution in [0.5, 0.6) is 0 Å². The molecule has 1 nitrogen and oxygen atoms in total. The summed E-state index contributed by atoms with van der Waals surface area (Å²) in [6.45, 7) is 0. The predicted molar refractivity (Wildman–Crippen MR) is 57.9 cm³/mol. The van der Waals surface area contributed by atoms with Crippen LogP contribution in [-0.4, -0.2) is 5.78 Å². The second-order valence-corrected chi connectivity index (χ2v) is 5.51. The summed E-state index contributed by atoms with van der Waals surface area (Å²) < 4.78 is 0. The molecule has 2 aliphatic rings. The van der Waals surface area contributed by atoms with Crippen molar-refractivity contribution in [1.82, 2.24) is 0 Å². The Morgan fingerprint density at radius 2 is 2.00 bits per heavy atom. The number of carbonyl (C=O) groups is 1. The van der Waals surface area contributed by atoms with Gasteiger partial charge in [0.1, 0.15) is 0 Å². The zero-order valence-corrected chi connectivity index (χ0v) is 9.03. The lowest BCUT2D eigenvalue weighted by Gasteiger charge is -2.31. The van der Waals surface area contributed by atoms with Gasteiger partial charge in [0.05, 0.1) is 4.88 Å². The number of ketones is 1. The predicted octanol–water partition coefficient (Wildman–Crippen LogP) is 3.44. The molecule has 1 fully saturated rings. The molecule has 1 aromatic heterocycles. The molecule has 1 aromatic rings. The van der Waals surface area contributed by atoms with Crippen LogP contribution < -0.4 is 0 Å². The minimum atomic E-state index is 0.0673. The smallest absolute Gasteiger partial charge is 0.179 e. The summed E-state index contributed by atoms with van der Waals surface area (Å²) in [7, 11) is 0. The van der Waals surface area contributed by atoms with Gasteiger partial charge in [-0.25, -0.2) is 0 Å². The SMILES string of the molecule is O=C1c2sccc2CCC12CCCC2. The topological polar surface area (TPSA) is 17.1 Å². The van der Waals surface area contributed by atoms with Crippen molar-refractivity contribution >= 4 is 17.1 Å². The molecular formula is C12H14OS. The fourth-order valence-corrected chi connectivity index (χ4v) is 4.00. The van der Waals surface area contributed by atoms with E-state index >= 15 is 0 Å². The molecule has 1 heterocycles. The van der Waals surface area contributed by atoms with Crippen molar-refractivity contribution in [1.29, 1.82) is 0 Å². The van der Waals surface area contributed by atoms with Gasteiger partial charge >= 0.3 is 0 Å². The highest BCUT2D eigenvalue weighted by Gasteiger charge is 2.44. The van der Waals surface area contributed by atoms with E-state index in [9.17, 15) is 4.79 Å². The van der Waals surface area contributed by atoms with Gasteiger partial charge in [-0.15, -0.1) is 11.3 Å². The van der Waals surface area contributed by atoms with Crippen molar-refractivity contribution in [2.24, 2.45) is 5.41 Å². The quantitative estimate of drug-likeness (QED) is 0.635. The zero-order chi connectivity index (χ0) is 9.60. The summed E-state index contributed by atoms with van der Waals surface area (Å²) in [4.78, 5) is 13.4. The van der Waals surface area contributed by atoms with Crippen LogP contribution in [0, 0.1) is 5.41 Å². The summed E-state index contributed by atoms with van der Waals surface area (Å²) >= 11 is 1.64. The monoisotopic (exact) mass is 206 g/mol. The molecule has 0 amide bonds. The summed E-state index contributed by atoms with van der Waals surface area (Å²) in [5.74, 6) is 0.464. The van der Waals surface area contributed by atoms with Crippen LogP contribution in [0.1, 0.15) is 47.3 Å². The minimum Gasteiger partial charge on any atom is -0.293 e. The van der Waals surface area contributed by atoms with E-state index in [1.165, 1.54) is 18.4 Å². The van der Waals surface area contributed by atoms with Crippen LogP contribution in [0.2, 0.25) is 0 Å². The Morgan fingerprint density at radius 3 is 2.79 bits per heavy atom. The second kappa shape index (κ2) is 2.93. The molecule has 0 aromatic carbocycles. The molecule has 0 atom stereocenters. The largest absolute Gasteiger partial charge is 0.293 e. The number of thiophene rings is 1. The number of hydrogen-bond acceptors (Lipinski definition) is 2. The number of aryl methyl sites for hydroxylation is 1. The maximum absolute atomic E-state index is 12.3. The molecule has 0 bridgehead atoms. The van der Waals surface area contributed by atoms with Gasteiger partial charge in [0.25, 0.3) is 0 Å². The van der Waals surface area contributed by atoms with Crippen LogP contribution in [-0.2, 0) is 6.42 Å². The first kappa shape index (κ1) is 8.66. The molecule has 3 rings (SSSR count). The molecule has 2 heteroatoms. The van der Waals surface area contributed by atoms with Gasteiger partial charge in [-0.2, -0.15) is 0 Å². The Hall–Kier alpha value is -0.630. The third-order valence-electron chi connectivity index (χ3n) is 3.87. The first-order valence-corrected chi connectivity index (χ1v) is 6.31. The normalized spacial score (nSPS) is 24.1. The summed E-state index contributed by atoms with van der Waals surface area (Å²) in [6.07, 6.45) is 7.03. The molecule has 1 spiro atoms. The lowest BCUT2D eigenvalue weighted by molar-refractivity contribution is 0.0771. The maximum Gasteiger partial charge on any atom is 0.179 e. The molecule has 74 valence electrons. The molecule has 2 aliphatic carbocycles. The Kier molecular flexibility index (Phi) is 1.81. The summed E-state index contributed by atoms with van der Waals surface area (Å²) in [5.41, 5.74) is 1.37. The van der Waals surface area contributed by atoms with Gasteiger partial charge < -0.3 is 0 Å². The van der Waals surface area contributed by atoms with E-state index in [0.717, 1.165) is 30.6 Å². The van der Waals surface area contributed by atoms with Crippen LogP contribution >= 0.6 is 11.3 Å². The van der Waals surface area contributed by atoms with E-state index in [4.69, 9.17) is 0 Å². The molecule has 0 radical (unpaired) electrons. The van der Waals surface area contributed by atoms with Crippen molar-refractivity contribution in [3.8, 4) is 0 Å². The average molecular weight is 206 g/mol. The van der Waals surface area contributed by atoms with Gasteiger partial charge in [-0.05, 0) is 42.7 Å².